The van der Waals surface area contributed by atoms with E-state index in [0.717, 1.165) is 20.6 Å². The number of imide groups is 2. The molecule has 0 aromatic heterocycles. The van der Waals surface area contributed by atoms with E-state index in [4.69, 9.17) is 34.8 Å². The van der Waals surface area contributed by atoms with Gasteiger partial charge in [0, 0.05) is 14.5 Å². The molecule has 2 heterocycles. The topological polar surface area (TPSA) is 95.0 Å². The Hall–Kier alpha value is -2.99. The fourth-order valence-electron chi connectivity index (χ4n) is 7.34. The van der Waals surface area contributed by atoms with Crippen molar-refractivity contribution in [3.8, 4) is 5.75 Å². The summed E-state index contributed by atoms with van der Waals surface area (Å²) < 4.78 is 14.7. The maximum Gasteiger partial charge on any atom is 0.258 e. The van der Waals surface area contributed by atoms with Gasteiger partial charge in [-0.15, -0.1) is 23.2 Å². The summed E-state index contributed by atoms with van der Waals surface area (Å²) in [6.45, 7) is 0. The zero-order chi connectivity index (χ0) is 31.3. The SMILES string of the molecule is O=C1C2CC=C3C(CC4(Cl)C(=O)N(c5ccc(F)cc5)C(=O)C4(Cl)C3c3ccc(O)cc3Cl)C2C(=O)N1c1ccc(I)cc1. The molecule has 2 saturated heterocycles. The molecule has 3 aromatic rings. The van der Waals surface area contributed by atoms with Crippen LogP contribution in [0.15, 0.2) is 78.4 Å². The van der Waals surface area contributed by atoms with Crippen LogP contribution in [-0.4, -0.2) is 38.5 Å². The average molecular weight is 766 g/mol. The largest absolute Gasteiger partial charge is 0.508 e. The number of alkyl halides is 2. The number of benzene rings is 3. The number of aromatic hydroxyl groups is 1. The van der Waals surface area contributed by atoms with E-state index >= 15 is 0 Å². The second kappa shape index (κ2) is 10.3. The zero-order valence-electron chi connectivity index (χ0n) is 22.5. The van der Waals surface area contributed by atoms with E-state index in [1.165, 1.54) is 35.2 Å². The molecule has 2 aliphatic carbocycles. The third-order valence-electron chi connectivity index (χ3n) is 9.28. The average Bonchev–Trinajstić information content (AvgIpc) is 3.33. The standard InChI is InChI=1S/C32H21Cl3FIN2O5/c33-24-13-19(40)9-10-21(24)26-20-11-12-22-25(28(42)38(27(22)41)17-7-3-16(37)4-8-17)23(20)14-31(34)29(43)39(30(44)32(26,31)35)18-5-1-15(36)2-6-18/h1-11,13,22-23,25-26,40H,12,14H2. The smallest absolute Gasteiger partial charge is 0.258 e. The molecule has 2 aliphatic heterocycles. The highest BCUT2D eigenvalue weighted by Gasteiger charge is 2.76. The molecule has 44 heavy (non-hydrogen) atoms. The molecule has 4 amide bonds. The summed E-state index contributed by atoms with van der Waals surface area (Å²) >= 11 is 23.4. The number of anilines is 2. The zero-order valence-corrected chi connectivity index (χ0v) is 26.9. The van der Waals surface area contributed by atoms with Crippen molar-refractivity contribution in [3.05, 3.63) is 98.4 Å². The van der Waals surface area contributed by atoms with Crippen molar-refractivity contribution in [2.75, 3.05) is 9.80 Å². The van der Waals surface area contributed by atoms with Crippen LogP contribution in [0.25, 0.3) is 0 Å². The Balaban J connectivity index is 1.40. The molecule has 1 saturated carbocycles. The number of allylic oxidation sites excluding steroid dienone is 2. The first kappa shape index (κ1) is 29.7. The van der Waals surface area contributed by atoms with Crippen LogP contribution in [-0.2, 0) is 19.2 Å². The van der Waals surface area contributed by atoms with Gasteiger partial charge in [-0.2, -0.15) is 0 Å². The van der Waals surface area contributed by atoms with E-state index < -0.39 is 57.0 Å². The minimum Gasteiger partial charge on any atom is -0.508 e. The van der Waals surface area contributed by atoms with E-state index in [2.05, 4.69) is 22.6 Å². The normalized spacial score (nSPS) is 31.2. The predicted molar refractivity (Wildman–Crippen MR) is 171 cm³/mol. The van der Waals surface area contributed by atoms with Crippen LogP contribution in [0.4, 0.5) is 15.8 Å². The molecule has 3 aromatic carbocycles. The molecule has 7 rings (SSSR count). The Morgan fingerprint density at radius 1 is 0.841 bits per heavy atom. The van der Waals surface area contributed by atoms with Gasteiger partial charge in [0.1, 0.15) is 11.6 Å². The van der Waals surface area contributed by atoms with Gasteiger partial charge in [-0.1, -0.05) is 29.3 Å². The molecule has 12 heteroatoms. The lowest BCUT2D eigenvalue weighted by atomic mass is 9.56. The lowest BCUT2D eigenvalue weighted by molar-refractivity contribution is -0.125. The van der Waals surface area contributed by atoms with Gasteiger partial charge in [-0.05, 0) is 108 Å². The van der Waals surface area contributed by atoms with E-state index in [9.17, 15) is 28.7 Å². The summed E-state index contributed by atoms with van der Waals surface area (Å²) in [5.41, 5.74) is 1.41. The molecule has 224 valence electrons. The molecule has 0 spiro atoms. The summed E-state index contributed by atoms with van der Waals surface area (Å²) in [6, 6.07) is 16.0. The lowest BCUT2D eigenvalue weighted by Crippen LogP contribution is -2.60. The van der Waals surface area contributed by atoms with Crippen molar-refractivity contribution >= 4 is 92.4 Å². The van der Waals surface area contributed by atoms with Crippen LogP contribution in [0.2, 0.25) is 5.02 Å². The molecule has 0 bridgehead atoms. The first-order valence-electron chi connectivity index (χ1n) is 13.7. The van der Waals surface area contributed by atoms with Crippen LogP contribution in [0, 0.1) is 27.1 Å². The summed E-state index contributed by atoms with van der Waals surface area (Å²) in [5, 5.41) is 10.2. The van der Waals surface area contributed by atoms with E-state index in [-0.39, 0.29) is 35.2 Å². The van der Waals surface area contributed by atoms with Gasteiger partial charge < -0.3 is 5.11 Å². The van der Waals surface area contributed by atoms with E-state index in [1.54, 1.807) is 30.3 Å². The van der Waals surface area contributed by atoms with Crippen molar-refractivity contribution in [2.24, 2.45) is 17.8 Å². The fourth-order valence-corrected chi connectivity index (χ4v) is 8.91. The summed E-state index contributed by atoms with van der Waals surface area (Å²) in [4.78, 5) is 54.3. The first-order valence-corrected chi connectivity index (χ1v) is 15.9. The van der Waals surface area contributed by atoms with E-state index in [1.807, 2.05) is 0 Å². The van der Waals surface area contributed by atoms with Crippen molar-refractivity contribution in [1.29, 1.82) is 0 Å². The summed E-state index contributed by atoms with van der Waals surface area (Å²) in [5.74, 6) is -6.57. The lowest BCUT2D eigenvalue weighted by Gasteiger charge is -2.50. The predicted octanol–water partition coefficient (Wildman–Crippen LogP) is 6.56. The number of halogens is 5. The number of hydrogen-bond donors (Lipinski definition) is 1. The van der Waals surface area contributed by atoms with Crippen LogP contribution < -0.4 is 9.80 Å². The van der Waals surface area contributed by atoms with E-state index in [0.29, 0.717) is 16.8 Å². The van der Waals surface area contributed by atoms with Crippen molar-refractivity contribution in [3.63, 3.8) is 0 Å². The summed E-state index contributed by atoms with van der Waals surface area (Å²) in [6.07, 6.45) is 1.79. The number of rotatable bonds is 3. The Bertz CT molecular complexity index is 1820. The Morgan fingerprint density at radius 2 is 1.48 bits per heavy atom. The number of amides is 4. The van der Waals surface area contributed by atoms with Crippen LogP contribution >= 0.6 is 57.4 Å². The quantitative estimate of drug-likeness (QED) is 0.141. The molecule has 3 fully saturated rings. The highest BCUT2D eigenvalue weighted by Crippen LogP contribution is 2.66. The minimum absolute atomic E-state index is 0.0764. The van der Waals surface area contributed by atoms with Crippen LogP contribution in [0.3, 0.4) is 0 Å². The number of fused-ring (bicyclic) bond motifs is 4. The molecule has 6 unspecified atom stereocenters. The minimum atomic E-state index is -2.11. The number of phenolic OH excluding ortho intramolecular Hbond substituents is 1. The number of carbonyl (C=O) groups is 4. The van der Waals surface area contributed by atoms with Gasteiger partial charge in [-0.3, -0.25) is 24.1 Å². The van der Waals surface area contributed by atoms with Gasteiger partial charge in [0.05, 0.1) is 23.2 Å². The molecule has 4 aliphatic rings. The first-order chi connectivity index (χ1) is 20.9. The molecular weight excluding hydrogens is 745 g/mol. The Morgan fingerprint density at radius 3 is 2.14 bits per heavy atom. The van der Waals surface area contributed by atoms with Crippen molar-refractivity contribution in [2.45, 2.75) is 28.5 Å². The highest BCUT2D eigenvalue weighted by molar-refractivity contribution is 14.1. The molecule has 7 nitrogen and oxygen atoms in total. The molecule has 0 radical (unpaired) electrons. The van der Waals surface area contributed by atoms with Gasteiger partial charge >= 0.3 is 0 Å². The number of hydrogen-bond acceptors (Lipinski definition) is 5. The van der Waals surface area contributed by atoms with Crippen LogP contribution in [0.1, 0.15) is 24.3 Å². The molecule has 1 N–H and O–H groups in total. The fraction of sp³-hybridized carbons (Fsp3) is 0.250. The maximum atomic E-state index is 14.4. The van der Waals surface area contributed by atoms with Crippen molar-refractivity contribution in [1.82, 2.24) is 0 Å². The molecule has 6 atom stereocenters. The van der Waals surface area contributed by atoms with Gasteiger partial charge in [0.2, 0.25) is 11.8 Å². The van der Waals surface area contributed by atoms with Gasteiger partial charge in [0.15, 0.2) is 9.75 Å². The second-order valence-electron chi connectivity index (χ2n) is 11.4. The second-order valence-corrected chi connectivity index (χ2v) is 14.3. The number of carbonyl (C=O) groups excluding carboxylic acids is 4. The van der Waals surface area contributed by atoms with Gasteiger partial charge in [0.25, 0.3) is 11.8 Å². The number of nitrogens with zero attached hydrogens (tertiary/aromatic N) is 2. The third-order valence-corrected chi connectivity index (χ3v) is 11.7. The Kier molecular flexibility index (Phi) is 6.93. The Labute approximate surface area is 279 Å². The summed E-state index contributed by atoms with van der Waals surface area (Å²) in [7, 11) is 0. The monoisotopic (exact) mass is 764 g/mol. The van der Waals surface area contributed by atoms with Gasteiger partial charge in [-0.25, -0.2) is 9.29 Å². The third kappa shape index (κ3) is 3.98. The highest BCUT2D eigenvalue weighted by atomic mass is 127. The number of phenols is 1. The van der Waals surface area contributed by atoms with Crippen LogP contribution in [0.5, 0.6) is 5.75 Å². The molecular formula is C32H21Cl3FIN2O5. The van der Waals surface area contributed by atoms with Crippen molar-refractivity contribution < 1.29 is 28.7 Å². The maximum absolute atomic E-state index is 14.4.